The van der Waals surface area contributed by atoms with E-state index in [4.69, 9.17) is 4.74 Å². The predicted molar refractivity (Wildman–Crippen MR) is 101 cm³/mol. The number of nitrogens with zero attached hydrogens (tertiary/aromatic N) is 2. The Kier molecular flexibility index (Phi) is 5.21. The number of para-hydroxylation sites is 1. The van der Waals surface area contributed by atoms with Gasteiger partial charge in [-0.25, -0.2) is 0 Å². The minimum atomic E-state index is -1.04. The molecule has 2 aromatic rings. The van der Waals surface area contributed by atoms with Crippen LogP contribution in [0.4, 0.5) is 5.69 Å². The van der Waals surface area contributed by atoms with E-state index in [1.807, 2.05) is 80.5 Å². The highest BCUT2D eigenvalue weighted by Crippen LogP contribution is 2.46. The van der Waals surface area contributed by atoms with Crippen LogP contribution in [0.3, 0.4) is 0 Å². The SMILES string of the molecule is CCOC1(c2ccccc2)C(=O)N(CCCN(C)C)c2ccccc21. The number of hydrogen-bond donors (Lipinski definition) is 0. The van der Waals surface area contributed by atoms with Gasteiger partial charge in [0, 0.05) is 18.7 Å². The van der Waals surface area contributed by atoms with E-state index in [0.717, 1.165) is 29.8 Å². The fourth-order valence-electron chi connectivity index (χ4n) is 3.58. The van der Waals surface area contributed by atoms with Gasteiger partial charge in [0.1, 0.15) is 0 Å². The van der Waals surface area contributed by atoms with Gasteiger partial charge in [0.2, 0.25) is 0 Å². The van der Waals surface area contributed by atoms with E-state index in [9.17, 15) is 4.79 Å². The summed E-state index contributed by atoms with van der Waals surface area (Å²) >= 11 is 0. The largest absolute Gasteiger partial charge is 0.356 e. The van der Waals surface area contributed by atoms with Crippen molar-refractivity contribution in [2.24, 2.45) is 0 Å². The maximum Gasteiger partial charge on any atom is 0.268 e. The molecule has 1 amide bonds. The molecule has 0 aliphatic carbocycles. The number of fused-ring (bicyclic) bond motifs is 1. The van der Waals surface area contributed by atoms with Gasteiger partial charge >= 0.3 is 0 Å². The first-order valence-electron chi connectivity index (χ1n) is 8.87. The molecule has 1 unspecified atom stereocenters. The molecule has 4 heteroatoms. The minimum absolute atomic E-state index is 0.0144. The van der Waals surface area contributed by atoms with Gasteiger partial charge in [-0.15, -0.1) is 0 Å². The van der Waals surface area contributed by atoms with Crippen LogP contribution in [0.15, 0.2) is 54.6 Å². The van der Waals surface area contributed by atoms with Crippen LogP contribution in [0.5, 0.6) is 0 Å². The van der Waals surface area contributed by atoms with E-state index in [1.54, 1.807) is 0 Å². The van der Waals surface area contributed by atoms with Crippen LogP contribution in [0, 0.1) is 0 Å². The highest BCUT2D eigenvalue weighted by Gasteiger charge is 2.52. The molecule has 1 atom stereocenters. The summed E-state index contributed by atoms with van der Waals surface area (Å²) in [6.07, 6.45) is 0.921. The van der Waals surface area contributed by atoms with Gasteiger partial charge in [-0.2, -0.15) is 0 Å². The lowest BCUT2D eigenvalue weighted by atomic mass is 9.87. The molecule has 0 radical (unpaired) electrons. The Balaban J connectivity index is 2.05. The molecule has 0 saturated carbocycles. The Labute approximate surface area is 150 Å². The molecular weight excluding hydrogens is 312 g/mol. The van der Waals surface area contributed by atoms with Gasteiger partial charge < -0.3 is 14.5 Å². The average Bonchev–Trinajstić information content (AvgIpc) is 2.86. The topological polar surface area (TPSA) is 32.8 Å². The summed E-state index contributed by atoms with van der Waals surface area (Å²) in [5, 5.41) is 0. The van der Waals surface area contributed by atoms with Crippen LogP contribution in [0.2, 0.25) is 0 Å². The summed E-state index contributed by atoms with van der Waals surface area (Å²) in [6, 6.07) is 17.8. The van der Waals surface area contributed by atoms with Gasteiger partial charge in [-0.05, 0) is 45.6 Å². The summed E-state index contributed by atoms with van der Waals surface area (Å²) < 4.78 is 6.17. The molecule has 0 aromatic heterocycles. The number of anilines is 1. The summed E-state index contributed by atoms with van der Waals surface area (Å²) in [4.78, 5) is 17.6. The third kappa shape index (κ3) is 3.08. The monoisotopic (exact) mass is 338 g/mol. The summed E-state index contributed by atoms with van der Waals surface area (Å²) in [5.74, 6) is 0.0144. The summed E-state index contributed by atoms with van der Waals surface area (Å²) in [7, 11) is 4.10. The summed E-state index contributed by atoms with van der Waals surface area (Å²) in [5.41, 5.74) is 1.76. The van der Waals surface area contributed by atoms with E-state index in [1.165, 1.54) is 0 Å². The molecule has 25 heavy (non-hydrogen) atoms. The first kappa shape index (κ1) is 17.6. The molecule has 3 rings (SSSR count). The van der Waals surface area contributed by atoms with E-state index in [0.29, 0.717) is 13.2 Å². The molecule has 4 nitrogen and oxygen atoms in total. The van der Waals surface area contributed by atoms with Crippen molar-refractivity contribution in [1.29, 1.82) is 0 Å². The second-order valence-corrected chi connectivity index (χ2v) is 6.61. The van der Waals surface area contributed by atoms with Crippen LogP contribution < -0.4 is 4.90 Å². The lowest BCUT2D eigenvalue weighted by Crippen LogP contribution is -2.44. The molecule has 0 bridgehead atoms. The zero-order valence-electron chi connectivity index (χ0n) is 15.2. The maximum absolute atomic E-state index is 13.5. The Hall–Kier alpha value is -2.17. The van der Waals surface area contributed by atoms with Crippen LogP contribution >= 0.6 is 0 Å². The standard InChI is InChI=1S/C21H26N2O2/c1-4-25-21(17-11-6-5-7-12-17)18-13-8-9-14-19(18)23(20(21)24)16-10-15-22(2)3/h5-9,11-14H,4,10,15-16H2,1-3H3. The second kappa shape index (κ2) is 7.38. The molecule has 1 heterocycles. The molecular formula is C21H26N2O2. The van der Waals surface area contributed by atoms with Gasteiger partial charge in [0.05, 0.1) is 5.69 Å². The molecule has 0 spiro atoms. The van der Waals surface area contributed by atoms with E-state index in [2.05, 4.69) is 4.90 Å². The van der Waals surface area contributed by atoms with E-state index in [-0.39, 0.29) is 5.91 Å². The number of rotatable bonds is 7. The fraction of sp³-hybridized carbons (Fsp3) is 0.381. The molecule has 1 aliphatic heterocycles. The number of carbonyl (C=O) groups is 1. The molecule has 132 valence electrons. The highest BCUT2D eigenvalue weighted by atomic mass is 16.5. The van der Waals surface area contributed by atoms with Crippen molar-refractivity contribution in [2.45, 2.75) is 18.9 Å². The third-order valence-corrected chi connectivity index (χ3v) is 4.65. The van der Waals surface area contributed by atoms with Crippen LogP contribution in [0.25, 0.3) is 0 Å². The molecule has 1 aliphatic rings. The molecule has 0 fully saturated rings. The lowest BCUT2D eigenvalue weighted by Gasteiger charge is -2.29. The van der Waals surface area contributed by atoms with Crippen molar-refractivity contribution >= 4 is 11.6 Å². The minimum Gasteiger partial charge on any atom is -0.356 e. The van der Waals surface area contributed by atoms with E-state index < -0.39 is 5.60 Å². The van der Waals surface area contributed by atoms with Crippen molar-refractivity contribution in [1.82, 2.24) is 4.90 Å². The third-order valence-electron chi connectivity index (χ3n) is 4.65. The lowest BCUT2D eigenvalue weighted by molar-refractivity contribution is -0.137. The molecule has 2 aromatic carbocycles. The number of amides is 1. The first-order chi connectivity index (χ1) is 12.1. The van der Waals surface area contributed by atoms with Crippen LogP contribution in [-0.2, 0) is 15.1 Å². The normalized spacial score (nSPS) is 19.5. The number of benzene rings is 2. The number of carbonyl (C=O) groups excluding carboxylic acids is 1. The van der Waals surface area contributed by atoms with Crippen molar-refractivity contribution < 1.29 is 9.53 Å². The van der Waals surface area contributed by atoms with Crippen molar-refractivity contribution in [3.8, 4) is 0 Å². The molecule has 0 saturated heterocycles. The van der Waals surface area contributed by atoms with E-state index >= 15 is 0 Å². The molecule has 0 N–H and O–H groups in total. The summed E-state index contributed by atoms with van der Waals surface area (Å²) in [6.45, 7) is 4.05. The number of hydrogen-bond acceptors (Lipinski definition) is 3. The Morgan fingerprint density at radius 2 is 1.72 bits per heavy atom. The fourth-order valence-corrected chi connectivity index (χ4v) is 3.58. The van der Waals surface area contributed by atoms with Gasteiger partial charge in [-0.1, -0.05) is 48.5 Å². The maximum atomic E-state index is 13.5. The number of ether oxygens (including phenoxy) is 1. The van der Waals surface area contributed by atoms with Gasteiger partial charge in [0.15, 0.2) is 5.60 Å². The average molecular weight is 338 g/mol. The zero-order chi connectivity index (χ0) is 17.9. The quantitative estimate of drug-likeness (QED) is 0.777. The van der Waals surface area contributed by atoms with Crippen molar-refractivity contribution in [3.05, 3.63) is 65.7 Å². The van der Waals surface area contributed by atoms with Crippen LogP contribution in [0.1, 0.15) is 24.5 Å². The smallest absolute Gasteiger partial charge is 0.268 e. The van der Waals surface area contributed by atoms with Gasteiger partial charge in [0.25, 0.3) is 5.91 Å². The zero-order valence-corrected chi connectivity index (χ0v) is 15.2. The van der Waals surface area contributed by atoms with Crippen molar-refractivity contribution in [2.75, 3.05) is 38.7 Å². The van der Waals surface area contributed by atoms with Gasteiger partial charge in [-0.3, -0.25) is 4.79 Å². The van der Waals surface area contributed by atoms with Crippen LogP contribution in [-0.4, -0.2) is 44.6 Å². The second-order valence-electron chi connectivity index (χ2n) is 6.61. The first-order valence-corrected chi connectivity index (χ1v) is 8.87. The Bertz CT molecular complexity index is 730. The Morgan fingerprint density at radius 3 is 2.40 bits per heavy atom. The highest BCUT2D eigenvalue weighted by molar-refractivity contribution is 6.09. The Morgan fingerprint density at radius 1 is 1.04 bits per heavy atom. The van der Waals surface area contributed by atoms with Crippen molar-refractivity contribution in [3.63, 3.8) is 0 Å². The predicted octanol–water partition coefficient (Wildman–Crippen LogP) is 3.27.